The van der Waals surface area contributed by atoms with Crippen LogP contribution in [0.5, 0.6) is 0 Å². The second kappa shape index (κ2) is 6.51. The summed E-state index contributed by atoms with van der Waals surface area (Å²) in [5, 5.41) is 20.1. The van der Waals surface area contributed by atoms with Crippen LogP contribution in [0.1, 0.15) is 23.7 Å². The van der Waals surface area contributed by atoms with Gasteiger partial charge in [-0.3, -0.25) is 14.9 Å². The van der Waals surface area contributed by atoms with Crippen molar-refractivity contribution in [2.45, 2.75) is 13.3 Å². The Morgan fingerprint density at radius 3 is 2.90 bits per heavy atom. The Hall–Kier alpha value is -2.90. The van der Waals surface area contributed by atoms with Crippen molar-refractivity contribution in [1.82, 2.24) is 5.16 Å². The normalized spacial score (nSPS) is 10.1. The second-order valence-corrected chi connectivity index (χ2v) is 4.25. The molecular weight excluding hydrogens is 276 g/mol. The molecule has 0 radical (unpaired) electrons. The van der Waals surface area contributed by atoms with Crippen molar-refractivity contribution in [2.24, 2.45) is 0 Å². The summed E-state index contributed by atoms with van der Waals surface area (Å²) in [6.45, 7) is 2.46. The first kappa shape index (κ1) is 14.5. The Kier molecular flexibility index (Phi) is 4.50. The van der Waals surface area contributed by atoms with Gasteiger partial charge < -0.3 is 15.2 Å². The highest BCUT2D eigenvalue weighted by molar-refractivity contribution is 6.09. The average molecular weight is 290 g/mol. The molecule has 1 heterocycles. The maximum Gasteiger partial charge on any atom is 0.293 e. The maximum absolute atomic E-state index is 12.2. The Morgan fingerprint density at radius 1 is 1.48 bits per heavy atom. The van der Waals surface area contributed by atoms with Crippen LogP contribution in [0.25, 0.3) is 0 Å². The molecule has 0 saturated heterocycles. The highest BCUT2D eigenvalue weighted by Crippen LogP contribution is 2.29. The van der Waals surface area contributed by atoms with Gasteiger partial charge in [0.2, 0.25) is 0 Å². The number of hydrogen-bond donors (Lipinski definition) is 2. The van der Waals surface area contributed by atoms with Crippen LogP contribution in [0.4, 0.5) is 17.1 Å². The van der Waals surface area contributed by atoms with Gasteiger partial charge in [-0.2, -0.15) is 0 Å². The van der Waals surface area contributed by atoms with Gasteiger partial charge in [-0.25, -0.2) is 0 Å². The number of anilines is 2. The van der Waals surface area contributed by atoms with E-state index in [9.17, 15) is 14.9 Å². The molecule has 0 bridgehead atoms. The molecule has 1 aromatic carbocycles. The van der Waals surface area contributed by atoms with Gasteiger partial charge in [0, 0.05) is 12.6 Å². The highest BCUT2D eigenvalue weighted by Gasteiger charge is 2.21. The van der Waals surface area contributed by atoms with E-state index in [0.29, 0.717) is 12.2 Å². The molecule has 0 spiro atoms. The van der Waals surface area contributed by atoms with Gasteiger partial charge in [0.05, 0.1) is 16.7 Å². The largest absolute Gasteiger partial charge is 0.379 e. The summed E-state index contributed by atoms with van der Waals surface area (Å²) in [5.74, 6) is -0.472. The van der Waals surface area contributed by atoms with Crippen LogP contribution in [-0.2, 0) is 0 Å². The Morgan fingerprint density at radius 2 is 2.29 bits per heavy atom. The van der Waals surface area contributed by atoms with E-state index in [1.54, 1.807) is 0 Å². The van der Waals surface area contributed by atoms with Crippen LogP contribution in [0.15, 0.2) is 35.2 Å². The third kappa shape index (κ3) is 3.35. The van der Waals surface area contributed by atoms with Gasteiger partial charge in [0.25, 0.3) is 11.6 Å². The third-order valence-electron chi connectivity index (χ3n) is 2.73. The van der Waals surface area contributed by atoms with E-state index < -0.39 is 10.8 Å². The van der Waals surface area contributed by atoms with Crippen molar-refractivity contribution >= 4 is 23.0 Å². The van der Waals surface area contributed by atoms with Gasteiger partial charge in [0.1, 0.15) is 17.6 Å². The molecular formula is C13H14N4O4. The molecule has 0 atom stereocenters. The number of amides is 1. The Bertz CT molecular complexity index is 640. The summed E-state index contributed by atoms with van der Waals surface area (Å²) in [6, 6.07) is 4.35. The maximum atomic E-state index is 12.2. The van der Waals surface area contributed by atoms with Crippen LogP contribution in [0.2, 0.25) is 0 Å². The van der Waals surface area contributed by atoms with E-state index in [1.807, 2.05) is 6.92 Å². The lowest BCUT2D eigenvalue weighted by Gasteiger charge is -2.11. The van der Waals surface area contributed by atoms with E-state index in [-0.39, 0.29) is 16.9 Å². The highest BCUT2D eigenvalue weighted by atomic mass is 16.6. The number of nitrogens with one attached hydrogen (secondary N) is 2. The molecule has 110 valence electrons. The molecule has 0 unspecified atom stereocenters. The number of carbonyl (C=O) groups is 1. The molecule has 1 amide bonds. The fourth-order valence-corrected chi connectivity index (χ4v) is 1.78. The number of carbonyl (C=O) groups excluding carboxylic acids is 1. The summed E-state index contributed by atoms with van der Waals surface area (Å²) < 4.78 is 4.62. The second-order valence-electron chi connectivity index (χ2n) is 4.25. The van der Waals surface area contributed by atoms with Crippen molar-refractivity contribution in [1.29, 1.82) is 0 Å². The minimum atomic E-state index is -0.520. The first-order valence-electron chi connectivity index (χ1n) is 6.35. The van der Waals surface area contributed by atoms with Gasteiger partial charge in [-0.1, -0.05) is 18.1 Å². The van der Waals surface area contributed by atoms with Crippen LogP contribution in [-0.4, -0.2) is 22.5 Å². The number of benzene rings is 1. The average Bonchev–Trinajstić information content (AvgIpc) is 2.97. The van der Waals surface area contributed by atoms with Crippen molar-refractivity contribution in [3.05, 3.63) is 46.3 Å². The molecule has 8 nitrogen and oxygen atoms in total. The zero-order valence-corrected chi connectivity index (χ0v) is 11.3. The summed E-state index contributed by atoms with van der Waals surface area (Å²) in [6.07, 6.45) is 3.39. The SMILES string of the molecule is CCCNc1c(C(=O)Nc2cnoc2)cccc1[N+](=O)[O-]. The van der Waals surface area contributed by atoms with Gasteiger partial charge in [0.15, 0.2) is 0 Å². The quantitative estimate of drug-likeness (QED) is 0.625. The number of nitrogens with zero attached hydrogens (tertiary/aromatic N) is 2. The van der Waals surface area contributed by atoms with Crippen LogP contribution >= 0.6 is 0 Å². The molecule has 0 aliphatic rings. The lowest BCUT2D eigenvalue weighted by atomic mass is 10.1. The lowest BCUT2D eigenvalue weighted by molar-refractivity contribution is -0.384. The van der Waals surface area contributed by atoms with Gasteiger partial charge in [-0.15, -0.1) is 0 Å². The molecule has 8 heteroatoms. The molecule has 0 fully saturated rings. The van der Waals surface area contributed by atoms with E-state index in [0.717, 1.165) is 6.42 Å². The fourth-order valence-electron chi connectivity index (χ4n) is 1.78. The van der Waals surface area contributed by atoms with Crippen LogP contribution in [0, 0.1) is 10.1 Å². The van der Waals surface area contributed by atoms with Crippen LogP contribution < -0.4 is 10.6 Å². The molecule has 21 heavy (non-hydrogen) atoms. The van der Waals surface area contributed by atoms with Crippen molar-refractivity contribution in [3.63, 3.8) is 0 Å². The number of nitro groups is 1. The predicted octanol–water partition coefficient (Wildman–Crippen LogP) is 2.66. The molecule has 1 aromatic heterocycles. The monoisotopic (exact) mass is 290 g/mol. The molecule has 0 saturated carbocycles. The molecule has 0 aliphatic carbocycles. The first-order valence-corrected chi connectivity index (χ1v) is 6.35. The smallest absolute Gasteiger partial charge is 0.293 e. The lowest BCUT2D eigenvalue weighted by Crippen LogP contribution is -2.16. The molecule has 2 aromatic rings. The van der Waals surface area contributed by atoms with E-state index in [1.165, 1.54) is 30.7 Å². The minimum Gasteiger partial charge on any atom is -0.379 e. The van der Waals surface area contributed by atoms with Gasteiger partial charge >= 0.3 is 0 Å². The van der Waals surface area contributed by atoms with Crippen molar-refractivity contribution in [3.8, 4) is 0 Å². The van der Waals surface area contributed by atoms with E-state index >= 15 is 0 Å². The number of aromatic nitrogens is 1. The van der Waals surface area contributed by atoms with E-state index in [4.69, 9.17) is 0 Å². The fraction of sp³-hybridized carbons (Fsp3) is 0.231. The Balaban J connectivity index is 2.34. The summed E-state index contributed by atoms with van der Waals surface area (Å²) in [7, 11) is 0. The van der Waals surface area contributed by atoms with Crippen molar-refractivity contribution in [2.75, 3.05) is 17.2 Å². The Labute approximate surface area is 120 Å². The molecule has 2 N–H and O–H groups in total. The number of nitro benzene ring substituents is 1. The molecule has 0 aliphatic heterocycles. The van der Waals surface area contributed by atoms with Crippen molar-refractivity contribution < 1.29 is 14.2 Å². The zero-order valence-electron chi connectivity index (χ0n) is 11.3. The standard InChI is InChI=1S/C13H14N4O4/c1-2-6-14-12-10(4-3-5-11(12)17(19)20)13(18)16-9-7-15-21-8-9/h3-5,7-8,14H,2,6H2,1H3,(H,16,18). The minimum absolute atomic E-state index is 0.138. The van der Waals surface area contributed by atoms with Gasteiger partial charge in [-0.05, 0) is 12.5 Å². The molecule has 2 rings (SSSR count). The number of hydrogen-bond acceptors (Lipinski definition) is 6. The van der Waals surface area contributed by atoms with E-state index in [2.05, 4.69) is 20.3 Å². The number of rotatable bonds is 6. The predicted molar refractivity (Wildman–Crippen MR) is 76.3 cm³/mol. The third-order valence-corrected chi connectivity index (χ3v) is 2.73. The summed E-state index contributed by atoms with van der Waals surface area (Å²) >= 11 is 0. The first-order chi connectivity index (χ1) is 10.1. The number of para-hydroxylation sites is 1. The zero-order chi connectivity index (χ0) is 15.2. The summed E-state index contributed by atoms with van der Waals surface area (Å²) in [5.41, 5.74) is 0.645. The topological polar surface area (TPSA) is 110 Å². The van der Waals surface area contributed by atoms with Crippen LogP contribution in [0.3, 0.4) is 0 Å². The summed E-state index contributed by atoms with van der Waals surface area (Å²) in [4.78, 5) is 22.8.